The van der Waals surface area contributed by atoms with Gasteiger partial charge in [-0.05, 0) is 44.6 Å². The zero-order chi connectivity index (χ0) is 9.90. The quantitative estimate of drug-likeness (QED) is 0.494. The molecule has 0 amide bonds. The first-order chi connectivity index (χ1) is 7.00. The van der Waals surface area contributed by atoms with E-state index in [0.717, 1.165) is 25.7 Å². The van der Waals surface area contributed by atoms with Crippen LogP contribution in [0.15, 0.2) is 42.5 Å². The summed E-state index contributed by atoms with van der Waals surface area (Å²) in [6.45, 7) is 0. The minimum Gasteiger partial charge on any atom is -0.0882 e. The molecule has 0 heteroatoms. The molecule has 0 nitrogen and oxygen atoms in total. The average Bonchev–Trinajstić information content (AvgIpc) is 2.22. The summed E-state index contributed by atoms with van der Waals surface area (Å²) in [7, 11) is 0. The smallest absolute Gasteiger partial charge is 0.0166 e. The van der Waals surface area contributed by atoms with Gasteiger partial charge in [0.25, 0.3) is 0 Å². The number of rotatable bonds is 0. The van der Waals surface area contributed by atoms with Crippen LogP contribution in [0.3, 0.4) is 0 Å². The van der Waals surface area contributed by atoms with Crippen LogP contribution in [0.1, 0.15) is 38.5 Å². The fourth-order valence-corrected chi connectivity index (χ4v) is 1.33. The normalized spacial score (nSPS) is 19.4. The minimum atomic E-state index is 1.06. The van der Waals surface area contributed by atoms with Gasteiger partial charge in [-0.15, -0.1) is 0 Å². The van der Waals surface area contributed by atoms with Crippen molar-refractivity contribution in [2.45, 2.75) is 38.5 Å². The monoisotopic (exact) mass is 187 g/mol. The summed E-state index contributed by atoms with van der Waals surface area (Å²) in [4.78, 5) is 0. The van der Waals surface area contributed by atoms with Crippen LogP contribution in [0.5, 0.6) is 0 Å². The number of hydrogen-bond acceptors (Lipinski definition) is 0. The summed E-state index contributed by atoms with van der Waals surface area (Å²) >= 11 is 0. The molecule has 0 spiro atoms. The van der Waals surface area contributed by atoms with E-state index >= 15 is 0 Å². The van der Waals surface area contributed by atoms with E-state index in [4.69, 9.17) is 0 Å². The number of hydrogen-bond donors (Lipinski definition) is 0. The van der Waals surface area contributed by atoms with Gasteiger partial charge in [0.15, 0.2) is 0 Å². The van der Waals surface area contributed by atoms with Crippen LogP contribution in [0.25, 0.3) is 0 Å². The predicted molar refractivity (Wildman–Crippen MR) is 62.9 cm³/mol. The van der Waals surface area contributed by atoms with Gasteiger partial charge in [0, 0.05) is 0 Å². The average molecular weight is 187 g/mol. The summed E-state index contributed by atoms with van der Waals surface area (Å²) in [6, 6.07) is 0. The van der Waals surface area contributed by atoms with Gasteiger partial charge in [0.2, 0.25) is 0 Å². The van der Waals surface area contributed by atoms with Crippen molar-refractivity contribution in [2.75, 3.05) is 0 Å². The third kappa shape index (κ3) is 6.47. The molecule has 75 valence electrons. The maximum atomic E-state index is 3.33. The molecule has 0 atom stereocenters. The highest BCUT2D eigenvalue weighted by molar-refractivity contribution is 5.05. The van der Waals surface area contributed by atoms with Gasteiger partial charge in [0.1, 0.15) is 0 Å². The van der Waals surface area contributed by atoms with Crippen molar-refractivity contribution in [3.8, 4) is 0 Å². The van der Waals surface area contributed by atoms with Crippen molar-refractivity contribution >= 4 is 0 Å². The third-order valence-electron chi connectivity index (χ3n) is 2.14. The predicted octanol–water partition coefficient (Wildman–Crippen LogP) is 4.37. The minimum absolute atomic E-state index is 1.06. The first-order valence-corrected chi connectivity index (χ1v) is 5.52. The van der Waals surface area contributed by atoms with E-state index in [1.54, 1.807) is 0 Å². The molecule has 1 rings (SSSR count). The van der Waals surface area contributed by atoms with Gasteiger partial charge in [-0.2, -0.15) is 0 Å². The van der Waals surface area contributed by atoms with Gasteiger partial charge < -0.3 is 0 Å². The second-order valence-corrected chi connectivity index (χ2v) is 3.44. The van der Waals surface area contributed by atoms with E-state index in [1.165, 1.54) is 12.8 Å². The van der Waals surface area contributed by atoms with Crippen molar-refractivity contribution in [1.29, 1.82) is 0 Å². The third-order valence-corrected chi connectivity index (χ3v) is 2.14. The number of allylic oxidation sites excluding steroid dienone is 8. The molecule has 1 aliphatic carbocycles. The lowest BCUT2D eigenvalue weighted by atomic mass is 10.2. The highest BCUT2D eigenvalue weighted by Gasteiger charge is 1.82. The van der Waals surface area contributed by atoms with Crippen LogP contribution >= 0.6 is 0 Å². The fourth-order valence-electron chi connectivity index (χ4n) is 1.33. The lowest BCUT2D eigenvalue weighted by molar-refractivity contribution is 0.846. The van der Waals surface area contributed by atoms with Crippen molar-refractivity contribution in [3.63, 3.8) is 0 Å². The Labute approximate surface area is 87.7 Å². The molecule has 1 aliphatic rings. The maximum absolute atomic E-state index is 3.33. The highest BCUT2D eigenvalue weighted by Crippen LogP contribution is 2.01. The Kier molecular flexibility index (Phi) is 6.74. The molecule has 0 saturated carbocycles. The summed E-state index contributed by atoms with van der Waals surface area (Å²) in [5.41, 5.74) is 0. The van der Waals surface area contributed by atoms with Crippen molar-refractivity contribution < 1.29 is 0 Å². The first-order valence-electron chi connectivity index (χ1n) is 5.52. The molecule has 0 aromatic carbocycles. The lowest BCUT2D eigenvalue weighted by Crippen LogP contribution is -1.72. The van der Waals surface area contributed by atoms with E-state index in [-0.39, 0.29) is 0 Å². The van der Waals surface area contributed by atoms with Crippen LogP contribution < -0.4 is 0 Å². The van der Waals surface area contributed by atoms with Crippen molar-refractivity contribution in [1.82, 2.24) is 0 Å². The summed E-state index contributed by atoms with van der Waals surface area (Å²) in [5.74, 6) is 0. The largest absolute Gasteiger partial charge is 0.0882 e. The second kappa shape index (κ2) is 8.55. The second-order valence-electron chi connectivity index (χ2n) is 3.44. The Morgan fingerprint density at radius 3 is 2.71 bits per heavy atom. The Morgan fingerprint density at radius 1 is 0.786 bits per heavy atom. The van der Waals surface area contributed by atoms with Gasteiger partial charge >= 0.3 is 0 Å². The van der Waals surface area contributed by atoms with Crippen LogP contribution in [0.4, 0.5) is 0 Å². The zero-order valence-corrected chi connectivity index (χ0v) is 8.78. The Morgan fingerprint density at radius 2 is 1.71 bits per heavy atom. The SMILES string of the molecule is [C]1=CCCC=CC=CCC=CCCC1. The molecule has 0 bridgehead atoms. The van der Waals surface area contributed by atoms with Crippen molar-refractivity contribution in [2.24, 2.45) is 0 Å². The van der Waals surface area contributed by atoms with Crippen LogP contribution in [-0.2, 0) is 0 Å². The van der Waals surface area contributed by atoms with Crippen LogP contribution in [-0.4, -0.2) is 0 Å². The molecule has 0 aromatic rings. The maximum Gasteiger partial charge on any atom is -0.0166 e. The first kappa shape index (κ1) is 11.0. The Balaban J connectivity index is 2.35. The van der Waals surface area contributed by atoms with Gasteiger partial charge in [-0.3, -0.25) is 0 Å². The molecular formula is C14H19. The highest BCUT2D eigenvalue weighted by atomic mass is 13.9. The molecular weight excluding hydrogens is 168 g/mol. The summed E-state index contributed by atoms with van der Waals surface area (Å²) in [6.07, 6.45) is 25.5. The molecule has 0 heterocycles. The summed E-state index contributed by atoms with van der Waals surface area (Å²) in [5, 5.41) is 0. The summed E-state index contributed by atoms with van der Waals surface area (Å²) < 4.78 is 0. The Hall–Kier alpha value is -1.04. The van der Waals surface area contributed by atoms with Gasteiger partial charge in [-0.1, -0.05) is 42.5 Å². The fraction of sp³-hybridized carbons (Fsp3) is 0.429. The topological polar surface area (TPSA) is 0 Å². The molecule has 0 fully saturated rings. The van der Waals surface area contributed by atoms with E-state index in [1.807, 2.05) is 0 Å². The van der Waals surface area contributed by atoms with E-state index in [0.29, 0.717) is 0 Å². The van der Waals surface area contributed by atoms with Crippen LogP contribution in [0, 0.1) is 6.08 Å². The van der Waals surface area contributed by atoms with E-state index < -0.39 is 0 Å². The lowest BCUT2D eigenvalue weighted by Gasteiger charge is -1.91. The standard InChI is InChI=1S/C14H19/c1-2-4-6-8-10-12-14-13-11-9-7-5-3-1/h1-4,7,9-10H,5-6,8,11,13-14H2. The molecule has 14 heavy (non-hydrogen) atoms. The molecule has 0 aliphatic heterocycles. The molecule has 0 aromatic heterocycles. The molecule has 1 radical (unpaired) electrons. The van der Waals surface area contributed by atoms with Gasteiger partial charge in [0.05, 0.1) is 0 Å². The molecule has 0 saturated heterocycles. The van der Waals surface area contributed by atoms with Gasteiger partial charge in [-0.25, -0.2) is 0 Å². The van der Waals surface area contributed by atoms with Crippen LogP contribution in [0.2, 0.25) is 0 Å². The molecule has 0 N–H and O–H groups in total. The van der Waals surface area contributed by atoms with E-state index in [9.17, 15) is 0 Å². The van der Waals surface area contributed by atoms with E-state index in [2.05, 4.69) is 48.6 Å². The molecule has 0 unspecified atom stereocenters. The van der Waals surface area contributed by atoms with Crippen molar-refractivity contribution in [3.05, 3.63) is 48.6 Å². The Bertz CT molecular complexity index is 228. The zero-order valence-electron chi connectivity index (χ0n) is 8.78.